The van der Waals surface area contributed by atoms with Crippen molar-refractivity contribution < 1.29 is 4.74 Å². The minimum atomic E-state index is 0.654. The zero-order valence-electron chi connectivity index (χ0n) is 7.63. The number of hydrogen-bond acceptors (Lipinski definition) is 2. The fraction of sp³-hybridized carbons (Fsp3) is 0.400. The molecule has 0 radical (unpaired) electrons. The quantitative estimate of drug-likeness (QED) is 0.699. The number of ether oxygens (including phenoxy) is 1. The van der Waals surface area contributed by atoms with Crippen molar-refractivity contribution in [3.8, 4) is 0 Å². The van der Waals surface area contributed by atoms with Gasteiger partial charge in [0.25, 0.3) is 0 Å². The van der Waals surface area contributed by atoms with Gasteiger partial charge in [0.15, 0.2) is 0 Å². The van der Waals surface area contributed by atoms with Gasteiger partial charge in [0, 0.05) is 10.8 Å². The van der Waals surface area contributed by atoms with Gasteiger partial charge in [-0.1, -0.05) is 23.7 Å². The van der Waals surface area contributed by atoms with E-state index in [9.17, 15) is 0 Å². The summed E-state index contributed by atoms with van der Waals surface area (Å²) in [6.45, 7) is 1.45. The monoisotopic (exact) mass is 216 g/mol. The van der Waals surface area contributed by atoms with Crippen LogP contribution in [0, 0.1) is 0 Å². The number of thioether (sulfide) groups is 1. The molecule has 3 heteroatoms. The van der Waals surface area contributed by atoms with E-state index < -0.39 is 0 Å². The highest BCUT2D eigenvalue weighted by molar-refractivity contribution is 7.98. The molecule has 0 N–H and O–H groups in total. The molecule has 0 bridgehead atoms. The molecule has 0 spiro atoms. The normalized spacial score (nSPS) is 10.3. The second-order valence-corrected chi connectivity index (χ2v) is 4.10. The maximum Gasteiger partial charge on any atom is 0.0717 e. The van der Waals surface area contributed by atoms with Gasteiger partial charge in [-0.15, -0.1) is 0 Å². The summed E-state index contributed by atoms with van der Waals surface area (Å²) in [4.78, 5) is 0. The van der Waals surface area contributed by atoms with Gasteiger partial charge >= 0.3 is 0 Å². The van der Waals surface area contributed by atoms with Crippen molar-refractivity contribution in [3.05, 3.63) is 34.9 Å². The Morgan fingerprint density at radius 3 is 3.00 bits per heavy atom. The van der Waals surface area contributed by atoms with Gasteiger partial charge in [0.2, 0.25) is 0 Å². The van der Waals surface area contributed by atoms with E-state index in [0.717, 1.165) is 22.9 Å². The Hall–Kier alpha value is -0.180. The number of halogens is 1. The summed E-state index contributed by atoms with van der Waals surface area (Å²) in [5.41, 5.74) is 1.13. The van der Waals surface area contributed by atoms with E-state index >= 15 is 0 Å². The van der Waals surface area contributed by atoms with Crippen molar-refractivity contribution in [3.63, 3.8) is 0 Å². The topological polar surface area (TPSA) is 9.23 Å². The SMILES string of the molecule is CSCCOCc1cccc(Cl)c1. The van der Waals surface area contributed by atoms with Crippen molar-refractivity contribution in [2.45, 2.75) is 6.61 Å². The van der Waals surface area contributed by atoms with Gasteiger partial charge in [-0.05, 0) is 24.0 Å². The molecule has 0 aliphatic carbocycles. The lowest BCUT2D eigenvalue weighted by Crippen LogP contribution is -1.97. The zero-order valence-corrected chi connectivity index (χ0v) is 9.20. The van der Waals surface area contributed by atoms with Crippen LogP contribution >= 0.6 is 23.4 Å². The van der Waals surface area contributed by atoms with Gasteiger partial charge in [0.05, 0.1) is 13.2 Å². The fourth-order valence-corrected chi connectivity index (χ4v) is 1.46. The predicted molar refractivity (Wildman–Crippen MR) is 59.5 cm³/mol. The summed E-state index contributed by atoms with van der Waals surface area (Å²) in [5, 5.41) is 0.769. The standard InChI is InChI=1S/C10H13ClOS/c1-13-6-5-12-8-9-3-2-4-10(11)7-9/h2-4,7H,5-6,8H2,1H3. The molecule has 0 amide bonds. The molecule has 0 aliphatic rings. The van der Waals surface area contributed by atoms with Gasteiger partial charge in [0.1, 0.15) is 0 Å². The van der Waals surface area contributed by atoms with Gasteiger partial charge in [-0.2, -0.15) is 11.8 Å². The Labute approximate surface area is 88.4 Å². The van der Waals surface area contributed by atoms with Crippen LogP contribution < -0.4 is 0 Å². The maximum absolute atomic E-state index is 5.83. The molecule has 0 aromatic heterocycles. The van der Waals surface area contributed by atoms with Crippen LogP contribution in [0.25, 0.3) is 0 Å². The Morgan fingerprint density at radius 2 is 2.31 bits per heavy atom. The molecule has 0 atom stereocenters. The van der Waals surface area contributed by atoms with Crippen molar-refractivity contribution in [1.29, 1.82) is 0 Å². The summed E-state index contributed by atoms with van der Waals surface area (Å²) < 4.78 is 5.44. The number of hydrogen-bond donors (Lipinski definition) is 0. The van der Waals surface area contributed by atoms with Crippen LogP contribution in [0.4, 0.5) is 0 Å². The molecule has 1 aromatic carbocycles. The first kappa shape index (κ1) is 10.9. The number of rotatable bonds is 5. The molecule has 0 fully saturated rings. The van der Waals surface area contributed by atoms with Crippen molar-refractivity contribution in [1.82, 2.24) is 0 Å². The Morgan fingerprint density at radius 1 is 1.46 bits per heavy atom. The van der Waals surface area contributed by atoms with E-state index in [4.69, 9.17) is 16.3 Å². The molecular weight excluding hydrogens is 204 g/mol. The van der Waals surface area contributed by atoms with Gasteiger partial charge in [-0.3, -0.25) is 0 Å². The summed E-state index contributed by atoms with van der Waals surface area (Å²) in [7, 11) is 0. The van der Waals surface area contributed by atoms with Crippen LogP contribution in [0.15, 0.2) is 24.3 Å². The summed E-state index contributed by atoms with van der Waals surface area (Å²) in [5.74, 6) is 1.04. The molecule has 0 heterocycles. The van der Waals surface area contributed by atoms with Crippen LogP contribution in [0.3, 0.4) is 0 Å². The predicted octanol–water partition coefficient (Wildman–Crippen LogP) is 3.22. The zero-order chi connectivity index (χ0) is 9.52. The molecule has 0 aliphatic heterocycles. The molecule has 1 nitrogen and oxygen atoms in total. The smallest absolute Gasteiger partial charge is 0.0717 e. The summed E-state index contributed by atoms with van der Waals surface area (Å²) >= 11 is 7.61. The Balaban J connectivity index is 2.28. The molecule has 0 saturated carbocycles. The van der Waals surface area contributed by atoms with Crippen LogP contribution in [0.2, 0.25) is 5.02 Å². The average Bonchev–Trinajstić information content (AvgIpc) is 2.13. The van der Waals surface area contributed by atoms with E-state index in [2.05, 4.69) is 6.26 Å². The maximum atomic E-state index is 5.83. The van der Waals surface area contributed by atoms with E-state index in [0.29, 0.717) is 6.61 Å². The highest BCUT2D eigenvalue weighted by Crippen LogP contribution is 2.11. The fourth-order valence-electron chi connectivity index (χ4n) is 0.959. The van der Waals surface area contributed by atoms with E-state index in [1.54, 1.807) is 11.8 Å². The minimum Gasteiger partial charge on any atom is -0.376 e. The van der Waals surface area contributed by atoms with Crippen molar-refractivity contribution >= 4 is 23.4 Å². The van der Waals surface area contributed by atoms with E-state index in [1.807, 2.05) is 24.3 Å². The van der Waals surface area contributed by atoms with Crippen LogP contribution in [-0.2, 0) is 11.3 Å². The first-order valence-corrected chi connectivity index (χ1v) is 5.91. The van der Waals surface area contributed by atoms with Crippen LogP contribution in [-0.4, -0.2) is 18.6 Å². The lowest BCUT2D eigenvalue weighted by molar-refractivity contribution is 0.136. The lowest BCUT2D eigenvalue weighted by Gasteiger charge is -2.03. The highest BCUT2D eigenvalue weighted by Gasteiger charge is 1.93. The van der Waals surface area contributed by atoms with Crippen LogP contribution in [0.1, 0.15) is 5.56 Å². The summed E-state index contributed by atoms with van der Waals surface area (Å²) in [6.07, 6.45) is 2.07. The third-order valence-electron chi connectivity index (χ3n) is 1.59. The van der Waals surface area contributed by atoms with Crippen molar-refractivity contribution in [2.24, 2.45) is 0 Å². The first-order valence-electron chi connectivity index (χ1n) is 4.14. The largest absolute Gasteiger partial charge is 0.376 e. The second-order valence-electron chi connectivity index (χ2n) is 2.68. The van der Waals surface area contributed by atoms with Gasteiger partial charge < -0.3 is 4.74 Å². The lowest BCUT2D eigenvalue weighted by atomic mass is 10.2. The molecule has 0 saturated heterocycles. The summed E-state index contributed by atoms with van der Waals surface area (Å²) in [6, 6.07) is 7.76. The molecule has 0 unspecified atom stereocenters. The van der Waals surface area contributed by atoms with Gasteiger partial charge in [-0.25, -0.2) is 0 Å². The third-order valence-corrected chi connectivity index (χ3v) is 2.40. The second kappa shape index (κ2) is 6.30. The average molecular weight is 217 g/mol. The molecule has 13 heavy (non-hydrogen) atoms. The number of benzene rings is 1. The highest BCUT2D eigenvalue weighted by atomic mass is 35.5. The molecular formula is C10H13ClOS. The molecule has 1 rings (SSSR count). The van der Waals surface area contributed by atoms with Crippen LogP contribution in [0.5, 0.6) is 0 Å². The van der Waals surface area contributed by atoms with E-state index in [1.165, 1.54) is 0 Å². The Kier molecular flexibility index (Phi) is 5.28. The van der Waals surface area contributed by atoms with E-state index in [-0.39, 0.29) is 0 Å². The molecule has 72 valence electrons. The third kappa shape index (κ3) is 4.55. The van der Waals surface area contributed by atoms with Crippen molar-refractivity contribution in [2.75, 3.05) is 18.6 Å². The molecule has 1 aromatic rings. The first-order chi connectivity index (χ1) is 6.33. The Bertz CT molecular complexity index is 252. The minimum absolute atomic E-state index is 0.654.